The minimum absolute atomic E-state index is 0.904. The van der Waals surface area contributed by atoms with Crippen molar-refractivity contribution in [2.45, 2.75) is 9.79 Å². The molecule has 1 aromatic carbocycles. The summed E-state index contributed by atoms with van der Waals surface area (Å²) in [4.78, 5) is 4.94. The Labute approximate surface area is 78.1 Å². The van der Waals surface area contributed by atoms with Crippen molar-refractivity contribution >= 4 is 10.8 Å². The second-order valence-electron chi connectivity index (χ2n) is 2.98. The Hall–Kier alpha value is -1.35. The minimum atomic E-state index is -0.973. The van der Waals surface area contributed by atoms with Gasteiger partial charge >= 0.3 is 0 Å². The SMILES string of the molecule is O=S1c2ccccc2-c2[nH]ccc21. The van der Waals surface area contributed by atoms with Crippen molar-refractivity contribution in [2.75, 3.05) is 0 Å². The minimum Gasteiger partial charge on any atom is -0.360 e. The van der Waals surface area contributed by atoms with Gasteiger partial charge in [-0.3, -0.25) is 0 Å². The van der Waals surface area contributed by atoms with E-state index >= 15 is 0 Å². The molecule has 3 heteroatoms. The number of hydrogen-bond donors (Lipinski definition) is 1. The first kappa shape index (κ1) is 7.09. The van der Waals surface area contributed by atoms with Crippen LogP contribution in [0, 0.1) is 0 Å². The third-order valence-electron chi connectivity index (χ3n) is 2.26. The van der Waals surface area contributed by atoms with Crippen molar-refractivity contribution in [1.29, 1.82) is 0 Å². The van der Waals surface area contributed by atoms with Crippen LogP contribution in [0.3, 0.4) is 0 Å². The average molecular weight is 189 g/mol. The van der Waals surface area contributed by atoms with Crippen LogP contribution in [0.4, 0.5) is 0 Å². The van der Waals surface area contributed by atoms with E-state index in [1.807, 2.05) is 36.5 Å². The van der Waals surface area contributed by atoms with Gasteiger partial charge in [-0.1, -0.05) is 18.2 Å². The zero-order chi connectivity index (χ0) is 8.84. The number of hydrogen-bond acceptors (Lipinski definition) is 1. The van der Waals surface area contributed by atoms with E-state index in [1.165, 1.54) is 0 Å². The van der Waals surface area contributed by atoms with Crippen LogP contribution in [-0.2, 0) is 10.8 Å². The van der Waals surface area contributed by atoms with E-state index < -0.39 is 10.8 Å². The highest BCUT2D eigenvalue weighted by atomic mass is 32.2. The van der Waals surface area contributed by atoms with Crippen molar-refractivity contribution in [3.05, 3.63) is 36.5 Å². The lowest BCUT2D eigenvalue weighted by Crippen LogP contribution is -1.83. The molecule has 0 saturated heterocycles. The Morgan fingerprint density at radius 1 is 1.08 bits per heavy atom. The van der Waals surface area contributed by atoms with Crippen molar-refractivity contribution in [3.63, 3.8) is 0 Å². The van der Waals surface area contributed by atoms with E-state index in [9.17, 15) is 4.21 Å². The molecule has 1 aliphatic rings. The number of rotatable bonds is 0. The first-order chi connectivity index (χ1) is 6.38. The van der Waals surface area contributed by atoms with Crippen LogP contribution < -0.4 is 0 Å². The topological polar surface area (TPSA) is 32.9 Å². The van der Waals surface area contributed by atoms with Gasteiger partial charge in [0.15, 0.2) is 0 Å². The molecule has 13 heavy (non-hydrogen) atoms. The molecule has 1 unspecified atom stereocenters. The molecule has 0 radical (unpaired) electrons. The summed E-state index contributed by atoms with van der Waals surface area (Å²) in [6, 6.07) is 9.68. The smallest absolute Gasteiger partial charge is 0.0878 e. The van der Waals surface area contributed by atoms with Crippen LogP contribution in [0.15, 0.2) is 46.3 Å². The molecule has 2 nitrogen and oxygen atoms in total. The van der Waals surface area contributed by atoms with Crippen LogP contribution >= 0.6 is 0 Å². The molecule has 0 bridgehead atoms. The summed E-state index contributed by atoms with van der Waals surface area (Å²) < 4.78 is 11.8. The van der Waals surface area contributed by atoms with E-state index in [0.717, 1.165) is 21.0 Å². The Morgan fingerprint density at radius 2 is 1.92 bits per heavy atom. The first-order valence-electron chi connectivity index (χ1n) is 4.06. The normalized spacial score (nSPS) is 18.3. The highest BCUT2D eigenvalue weighted by Crippen LogP contribution is 2.38. The van der Waals surface area contributed by atoms with Crippen LogP contribution in [0.1, 0.15) is 0 Å². The maximum absolute atomic E-state index is 11.8. The summed E-state index contributed by atoms with van der Waals surface area (Å²) in [6.45, 7) is 0. The van der Waals surface area contributed by atoms with Crippen LogP contribution in [0.2, 0.25) is 0 Å². The quantitative estimate of drug-likeness (QED) is 0.577. The largest absolute Gasteiger partial charge is 0.360 e. The second kappa shape index (κ2) is 2.33. The molecule has 0 spiro atoms. The van der Waals surface area contributed by atoms with E-state index in [2.05, 4.69) is 4.98 Å². The van der Waals surface area contributed by atoms with Crippen molar-refractivity contribution in [3.8, 4) is 11.3 Å². The zero-order valence-electron chi connectivity index (χ0n) is 6.78. The van der Waals surface area contributed by atoms with Crippen molar-refractivity contribution in [1.82, 2.24) is 4.98 Å². The lowest BCUT2D eigenvalue weighted by molar-refractivity contribution is 0.685. The molecule has 1 aromatic heterocycles. The number of aromatic amines is 1. The molecular weight excluding hydrogens is 182 g/mol. The van der Waals surface area contributed by atoms with Crippen molar-refractivity contribution in [2.24, 2.45) is 0 Å². The monoisotopic (exact) mass is 189 g/mol. The summed E-state index contributed by atoms with van der Waals surface area (Å²) in [5.74, 6) is 0. The van der Waals surface area contributed by atoms with E-state index in [-0.39, 0.29) is 0 Å². The number of nitrogens with one attached hydrogen (secondary N) is 1. The standard InChI is InChI=1S/C10H7NOS/c12-13-8-4-2-1-3-7(8)10-9(13)5-6-11-10/h1-6,11H. The molecule has 0 aliphatic carbocycles. The lowest BCUT2D eigenvalue weighted by Gasteiger charge is -1.95. The van der Waals surface area contributed by atoms with Gasteiger partial charge in [0.05, 0.1) is 26.3 Å². The van der Waals surface area contributed by atoms with E-state index in [4.69, 9.17) is 0 Å². The third-order valence-corrected chi connectivity index (χ3v) is 3.76. The van der Waals surface area contributed by atoms with Gasteiger partial charge in [-0.05, 0) is 12.1 Å². The average Bonchev–Trinajstić information content (AvgIpc) is 2.72. The Morgan fingerprint density at radius 3 is 2.85 bits per heavy atom. The van der Waals surface area contributed by atoms with Gasteiger partial charge in [-0.15, -0.1) is 0 Å². The van der Waals surface area contributed by atoms with Gasteiger partial charge in [0.2, 0.25) is 0 Å². The van der Waals surface area contributed by atoms with Gasteiger partial charge in [-0.25, -0.2) is 4.21 Å². The molecule has 64 valence electrons. The maximum atomic E-state index is 11.8. The fraction of sp³-hybridized carbons (Fsp3) is 0. The van der Waals surface area contributed by atoms with Crippen molar-refractivity contribution < 1.29 is 4.21 Å². The summed E-state index contributed by atoms with van der Waals surface area (Å²) >= 11 is 0. The zero-order valence-corrected chi connectivity index (χ0v) is 7.60. The first-order valence-corrected chi connectivity index (χ1v) is 5.21. The summed E-state index contributed by atoms with van der Waals surface area (Å²) in [7, 11) is -0.973. The molecule has 3 rings (SSSR count). The lowest BCUT2D eigenvalue weighted by atomic mass is 10.2. The number of H-pyrrole nitrogens is 1. The number of benzene rings is 1. The Balaban J connectivity index is 2.43. The summed E-state index contributed by atoms with van der Waals surface area (Å²) in [6.07, 6.45) is 1.83. The second-order valence-corrected chi connectivity index (χ2v) is 4.40. The van der Waals surface area contributed by atoms with E-state index in [0.29, 0.717) is 0 Å². The molecule has 2 heterocycles. The molecule has 0 amide bonds. The number of fused-ring (bicyclic) bond motifs is 3. The van der Waals surface area contributed by atoms with Crippen LogP contribution in [0.5, 0.6) is 0 Å². The number of aromatic nitrogens is 1. The molecular formula is C10H7NOS. The van der Waals surface area contributed by atoms with Gasteiger partial charge in [-0.2, -0.15) is 0 Å². The predicted octanol–water partition coefficient (Wildman–Crippen LogP) is 2.16. The molecule has 1 atom stereocenters. The van der Waals surface area contributed by atoms with Gasteiger partial charge < -0.3 is 4.98 Å². The predicted molar refractivity (Wildman–Crippen MR) is 50.9 cm³/mol. The molecule has 2 aromatic rings. The Bertz CT molecular complexity index is 501. The maximum Gasteiger partial charge on any atom is 0.0878 e. The molecule has 0 saturated carbocycles. The van der Waals surface area contributed by atoms with Gasteiger partial charge in [0, 0.05) is 11.8 Å². The Kier molecular flexibility index (Phi) is 1.27. The fourth-order valence-corrected chi connectivity index (χ4v) is 3.03. The van der Waals surface area contributed by atoms with Crippen LogP contribution in [-0.4, -0.2) is 9.19 Å². The highest BCUT2D eigenvalue weighted by molar-refractivity contribution is 7.85. The highest BCUT2D eigenvalue weighted by Gasteiger charge is 2.25. The fourth-order valence-electron chi connectivity index (χ4n) is 1.67. The summed E-state index contributed by atoms with van der Waals surface area (Å²) in [5.41, 5.74) is 2.08. The molecule has 1 aliphatic heterocycles. The van der Waals surface area contributed by atoms with Gasteiger partial charge in [0.25, 0.3) is 0 Å². The third kappa shape index (κ3) is 0.795. The molecule has 0 fully saturated rings. The van der Waals surface area contributed by atoms with E-state index in [1.54, 1.807) is 0 Å². The molecule has 1 N–H and O–H groups in total. The van der Waals surface area contributed by atoms with Crippen LogP contribution in [0.25, 0.3) is 11.3 Å². The van der Waals surface area contributed by atoms with Gasteiger partial charge in [0.1, 0.15) is 0 Å². The summed E-state index contributed by atoms with van der Waals surface area (Å²) in [5, 5.41) is 0.